The molecule has 5 rings (SSSR count). The molecule has 0 unspecified atom stereocenters. The summed E-state index contributed by atoms with van der Waals surface area (Å²) >= 11 is 0. The van der Waals surface area contributed by atoms with Gasteiger partial charge in [0.25, 0.3) is 0 Å². The lowest BCUT2D eigenvalue weighted by Crippen LogP contribution is -2.06. The Hall–Kier alpha value is -3.12. The molecule has 0 bridgehead atoms. The number of para-hydroxylation sites is 1. The Balaban J connectivity index is 1.81. The molecule has 1 aliphatic carbocycles. The monoisotopic (exact) mass is 352 g/mol. The van der Waals surface area contributed by atoms with Crippen LogP contribution in [0.1, 0.15) is 49.1 Å². The van der Waals surface area contributed by atoms with Gasteiger partial charge in [-0.1, -0.05) is 37.5 Å². The van der Waals surface area contributed by atoms with Gasteiger partial charge >= 0.3 is 0 Å². The van der Waals surface area contributed by atoms with Crippen LogP contribution in [-0.2, 0) is 0 Å². The van der Waals surface area contributed by atoms with Gasteiger partial charge in [-0.05, 0) is 49.1 Å². The number of aromatic nitrogens is 1. The normalized spacial score (nSPS) is 15.2. The van der Waals surface area contributed by atoms with Crippen molar-refractivity contribution in [2.24, 2.45) is 0 Å². The third kappa shape index (κ3) is 2.61. The number of rotatable bonds is 2. The van der Waals surface area contributed by atoms with Gasteiger partial charge in [0.1, 0.15) is 11.2 Å². The van der Waals surface area contributed by atoms with Crippen molar-refractivity contribution in [2.45, 2.75) is 38.0 Å². The summed E-state index contributed by atoms with van der Waals surface area (Å²) in [6.45, 7) is 0. The van der Waals surface area contributed by atoms with E-state index in [1.165, 1.54) is 19.3 Å². The summed E-state index contributed by atoms with van der Waals surface area (Å²) in [6.07, 6.45) is 7.82. The molecule has 27 heavy (non-hydrogen) atoms. The molecule has 0 amide bonds. The first-order valence-corrected chi connectivity index (χ1v) is 9.66. The summed E-state index contributed by atoms with van der Waals surface area (Å²) in [7, 11) is 0. The average Bonchev–Trinajstić information content (AvgIpc) is 3.13. The number of nitrogens with zero attached hydrogens (tertiary/aromatic N) is 2. The van der Waals surface area contributed by atoms with Crippen LogP contribution in [0.5, 0.6) is 0 Å². The maximum atomic E-state index is 9.71. The molecule has 2 aromatic heterocycles. The van der Waals surface area contributed by atoms with Crippen LogP contribution in [0.15, 0.2) is 59.1 Å². The van der Waals surface area contributed by atoms with Crippen LogP contribution in [0.25, 0.3) is 33.2 Å². The Labute approximate surface area is 158 Å². The van der Waals surface area contributed by atoms with Gasteiger partial charge in [-0.25, -0.2) is 0 Å². The van der Waals surface area contributed by atoms with Crippen molar-refractivity contribution >= 4 is 21.9 Å². The molecule has 2 aromatic carbocycles. The van der Waals surface area contributed by atoms with Crippen molar-refractivity contribution in [1.82, 2.24) is 4.98 Å². The minimum Gasteiger partial charge on any atom is -0.455 e. The maximum absolute atomic E-state index is 9.71. The van der Waals surface area contributed by atoms with Crippen molar-refractivity contribution in [1.29, 1.82) is 5.26 Å². The largest absolute Gasteiger partial charge is 0.455 e. The molecule has 4 aromatic rings. The van der Waals surface area contributed by atoms with Gasteiger partial charge in [-0.3, -0.25) is 4.98 Å². The number of pyridine rings is 1. The molecule has 0 saturated heterocycles. The highest BCUT2D eigenvalue weighted by Gasteiger charge is 2.24. The predicted molar refractivity (Wildman–Crippen MR) is 107 cm³/mol. The van der Waals surface area contributed by atoms with Crippen LogP contribution in [0.3, 0.4) is 0 Å². The topological polar surface area (TPSA) is 49.8 Å². The van der Waals surface area contributed by atoms with E-state index in [4.69, 9.17) is 4.42 Å². The van der Waals surface area contributed by atoms with Gasteiger partial charge in [-0.2, -0.15) is 5.26 Å². The van der Waals surface area contributed by atoms with E-state index in [0.717, 1.165) is 57.2 Å². The zero-order chi connectivity index (χ0) is 18.2. The lowest BCUT2D eigenvalue weighted by molar-refractivity contribution is 0.441. The highest BCUT2D eigenvalue weighted by molar-refractivity contribution is 6.10. The number of hydrogen-bond donors (Lipinski definition) is 0. The lowest BCUT2D eigenvalue weighted by atomic mass is 9.81. The molecule has 1 saturated carbocycles. The summed E-state index contributed by atoms with van der Waals surface area (Å²) in [6, 6.07) is 18.5. The Morgan fingerprint density at radius 2 is 1.74 bits per heavy atom. The molecule has 0 radical (unpaired) electrons. The van der Waals surface area contributed by atoms with Gasteiger partial charge in [0.2, 0.25) is 0 Å². The van der Waals surface area contributed by atoms with Gasteiger partial charge in [0.05, 0.1) is 17.3 Å². The second-order valence-corrected chi connectivity index (χ2v) is 7.35. The number of benzene rings is 2. The molecule has 1 fully saturated rings. The molecule has 0 aliphatic heterocycles. The summed E-state index contributed by atoms with van der Waals surface area (Å²) < 4.78 is 6.47. The van der Waals surface area contributed by atoms with Crippen molar-refractivity contribution in [2.75, 3.05) is 0 Å². The van der Waals surface area contributed by atoms with Crippen LogP contribution >= 0.6 is 0 Å². The molecule has 0 N–H and O–H groups in total. The van der Waals surface area contributed by atoms with E-state index in [1.54, 1.807) is 6.20 Å². The molecule has 1 aliphatic rings. The first kappa shape index (κ1) is 16.1. The zero-order valence-electron chi connectivity index (χ0n) is 15.1. The lowest BCUT2D eigenvalue weighted by Gasteiger charge is -2.22. The third-order valence-corrected chi connectivity index (χ3v) is 5.78. The SMILES string of the molecule is N#Cc1ccc2c(oc3c(-c4ccccn4)cccc32)c1C1CCCCC1. The van der Waals surface area contributed by atoms with Gasteiger partial charge in [0, 0.05) is 28.1 Å². The average molecular weight is 352 g/mol. The summed E-state index contributed by atoms with van der Waals surface area (Å²) in [5, 5.41) is 11.9. The molecule has 2 heterocycles. The minimum atomic E-state index is 0.413. The summed E-state index contributed by atoms with van der Waals surface area (Å²) in [5.41, 5.74) is 5.52. The fourth-order valence-electron chi connectivity index (χ4n) is 4.50. The fourth-order valence-corrected chi connectivity index (χ4v) is 4.50. The van der Waals surface area contributed by atoms with Gasteiger partial charge in [-0.15, -0.1) is 0 Å². The fraction of sp³-hybridized carbons (Fsp3) is 0.250. The molecular weight excluding hydrogens is 332 g/mol. The molecule has 3 nitrogen and oxygen atoms in total. The first-order chi connectivity index (χ1) is 13.4. The highest BCUT2D eigenvalue weighted by atomic mass is 16.3. The number of fused-ring (bicyclic) bond motifs is 3. The molecular formula is C24H20N2O. The minimum absolute atomic E-state index is 0.413. The van der Waals surface area contributed by atoms with Crippen molar-refractivity contribution in [3.8, 4) is 17.3 Å². The number of nitriles is 1. The second-order valence-electron chi connectivity index (χ2n) is 7.35. The van der Waals surface area contributed by atoms with Gasteiger partial charge in [0.15, 0.2) is 0 Å². The van der Waals surface area contributed by atoms with Gasteiger partial charge < -0.3 is 4.42 Å². The highest BCUT2D eigenvalue weighted by Crippen LogP contribution is 2.43. The number of furan rings is 1. The van der Waals surface area contributed by atoms with E-state index in [1.807, 2.05) is 30.3 Å². The van der Waals surface area contributed by atoms with Crippen LogP contribution in [0, 0.1) is 11.3 Å². The van der Waals surface area contributed by atoms with Crippen LogP contribution in [0.2, 0.25) is 0 Å². The van der Waals surface area contributed by atoms with E-state index in [-0.39, 0.29) is 0 Å². The van der Waals surface area contributed by atoms with Crippen LogP contribution in [-0.4, -0.2) is 4.98 Å². The Bertz CT molecular complexity index is 1160. The van der Waals surface area contributed by atoms with E-state index >= 15 is 0 Å². The second kappa shape index (κ2) is 6.55. The Morgan fingerprint density at radius 1 is 0.889 bits per heavy atom. The standard InChI is InChI=1S/C24H20N2O/c25-15-17-12-13-19-18-9-6-10-20(21-11-4-5-14-26-21)23(18)27-24(19)22(17)16-7-2-1-3-8-16/h4-6,9-14,16H,1-3,7-8H2. The molecule has 3 heteroatoms. The molecule has 0 atom stereocenters. The smallest absolute Gasteiger partial charge is 0.144 e. The quantitative estimate of drug-likeness (QED) is 0.410. The van der Waals surface area contributed by atoms with E-state index in [9.17, 15) is 5.26 Å². The van der Waals surface area contributed by atoms with E-state index in [0.29, 0.717) is 5.92 Å². The zero-order valence-corrected chi connectivity index (χ0v) is 15.1. The first-order valence-electron chi connectivity index (χ1n) is 9.66. The Kier molecular flexibility index (Phi) is 3.90. The van der Waals surface area contributed by atoms with E-state index < -0.39 is 0 Å². The summed E-state index contributed by atoms with van der Waals surface area (Å²) in [4.78, 5) is 4.50. The van der Waals surface area contributed by atoms with E-state index in [2.05, 4.69) is 29.3 Å². The predicted octanol–water partition coefficient (Wildman–Crippen LogP) is 6.57. The van der Waals surface area contributed by atoms with Crippen LogP contribution < -0.4 is 0 Å². The molecule has 0 spiro atoms. The third-order valence-electron chi connectivity index (χ3n) is 5.78. The van der Waals surface area contributed by atoms with Crippen molar-refractivity contribution < 1.29 is 4.42 Å². The van der Waals surface area contributed by atoms with Crippen molar-refractivity contribution in [3.63, 3.8) is 0 Å². The van der Waals surface area contributed by atoms with Crippen molar-refractivity contribution in [3.05, 3.63) is 65.9 Å². The molecule has 132 valence electrons. The Morgan fingerprint density at radius 3 is 2.52 bits per heavy atom. The number of hydrogen-bond acceptors (Lipinski definition) is 3. The maximum Gasteiger partial charge on any atom is 0.144 e. The summed E-state index contributed by atoms with van der Waals surface area (Å²) in [5.74, 6) is 0.413. The van der Waals surface area contributed by atoms with Crippen LogP contribution in [0.4, 0.5) is 0 Å².